The van der Waals surface area contributed by atoms with Crippen molar-refractivity contribution in [3.63, 3.8) is 0 Å². The second-order valence-corrected chi connectivity index (χ2v) is 10.5. The minimum atomic E-state index is 1.18. The summed E-state index contributed by atoms with van der Waals surface area (Å²) in [6.07, 6.45) is 0. The Kier molecular flexibility index (Phi) is 4.11. The first kappa shape index (κ1) is 20.9. The van der Waals surface area contributed by atoms with Crippen molar-refractivity contribution >= 4 is 43.4 Å². The molecule has 0 saturated carbocycles. The molecule has 0 radical (unpaired) electrons. The lowest BCUT2D eigenvalue weighted by Gasteiger charge is -2.13. The summed E-state index contributed by atoms with van der Waals surface area (Å²) in [5, 5.41) is 7.86. The smallest absolute Gasteiger partial charge is 0.0547 e. The molecule has 0 N–H and O–H groups in total. The monoisotopic (exact) mass is 493 g/mol. The highest BCUT2D eigenvalue weighted by atomic mass is 15.0. The van der Waals surface area contributed by atoms with E-state index in [4.69, 9.17) is 0 Å². The lowest BCUT2D eigenvalue weighted by Crippen LogP contribution is -1.94. The van der Waals surface area contributed by atoms with Gasteiger partial charge in [-0.15, -0.1) is 0 Å². The Bertz CT molecular complexity index is 2250. The third-order valence-electron chi connectivity index (χ3n) is 8.53. The molecule has 0 bridgehead atoms. The average Bonchev–Trinajstić information content (AvgIpc) is 3.52. The fourth-order valence-electron chi connectivity index (χ4n) is 6.89. The van der Waals surface area contributed by atoms with Crippen LogP contribution in [0.2, 0.25) is 0 Å². The minimum absolute atomic E-state index is 1.18. The molecule has 1 nitrogen and oxygen atoms in total. The van der Waals surface area contributed by atoms with Gasteiger partial charge in [0.1, 0.15) is 0 Å². The van der Waals surface area contributed by atoms with E-state index in [9.17, 15) is 0 Å². The number of aromatic nitrogens is 1. The Balaban J connectivity index is 1.31. The quantitative estimate of drug-likeness (QED) is 0.226. The molecule has 0 unspecified atom stereocenters. The molecule has 1 heteroatoms. The molecule has 1 heterocycles. The fourth-order valence-corrected chi connectivity index (χ4v) is 6.89. The molecule has 0 atom stereocenters. The molecule has 1 aliphatic rings. The molecule has 9 rings (SSSR count). The van der Waals surface area contributed by atoms with E-state index in [1.165, 1.54) is 82.4 Å². The molecule has 39 heavy (non-hydrogen) atoms. The van der Waals surface area contributed by atoms with Crippen molar-refractivity contribution in [2.45, 2.75) is 0 Å². The zero-order valence-electron chi connectivity index (χ0n) is 21.2. The van der Waals surface area contributed by atoms with Crippen molar-refractivity contribution in [3.05, 3.63) is 140 Å². The first-order chi connectivity index (χ1) is 19.4. The number of fused-ring (bicyclic) bond motifs is 8. The third kappa shape index (κ3) is 2.79. The maximum absolute atomic E-state index is 2.43. The molecule has 1 aliphatic carbocycles. The van der Waals surface area contributed by atoms with Crippen LogP contribution >= 0.6 is 0 Å². The lowest BCUT2D eigenvalue weighted by atomic mass is 9.94. The highest BCUT2D eigenvalue weighted by molar-refractivity contribution is 6.21. The predicted octanol–water partition coefficient (Wildman–Crippen LogP) is 10.4. The van der Waals surface area contributed by atoms with Crippen LogP contribution in [0.15, 0.2) is 140 Å². The fraction of sp³-hybridized carbons (Fsp3) is 0. The van der Waals surface area contributed by atoms with Gasteiger partial charge in [0, 0.05) is 16.5 Å². The van der Waals surface area contributed by atoms with Crippen LogP contribution in [0.1, 0.15) is 0 Å². The van der Waals surface area contributed by atoms with Crippen molar-refractivity contribution < 1.29 is 0 Å². The van der Waals surface area contributed by atoms with Gasteiger partial charge in [0.25, 0.3) is 0 Å². The summed E-state index contributed by atoms with van der Waals surface area (Å²) in [6.45, 7) is 0. The summed E-state index contributed by atoms with van der Waals surface area (Å²) in [6, 6.07) is 51.2. The highest BCUT2D eigenvalue weighted by Crippen LogP contribution is 2.49. The van der Waals surface area contributed by atoms with Gasteiger partial charge >= 0.3 is 0 Å². The highest BCUT2D eigenvalue weighted by Gasteiger charge is 2.22. The SMILES string of the molecule is c1cc(-c2ccc3c4c(cccc24)-c2ccccc2-3)cc(-n2c3ccccc3c3c4ccccc4ccc32)c1. The third-order valence-corrected chi connectivity index (χ3v) is 8.53. The number of benzene rings is 7. The van der Waals surface area contributed by atoms with E-state index in [0.717, 1.165) is 0 Å². The van der Waals surface area contributed by atoms with Gasteiger partial charge in [0.15, 0.2) is 0 Å². The summed E-state index contributed by atoms with van der Waals surface area (Å²) in [5.74, 6) is 0. The van der Waals surface area contributed by atoms with E-state index in [-0.39, 0.29) is 0 Å². The van der Waals surface area contributed by atoms with Gasteiger partial charge in [-0.1, -0.05) is 115 Å². The molecule has 0 saturated heterocycles. The van der Waals surface area contributed by atoms with Crippen molar-refractivity contribution in [2.24, 2.45) is 0 Å². The molecule has 0 aliphatic heterocycles. The Hall–Kier alpha value is -5.14. The summed E-state index contributed by atoms with van der Waals surface area (Å²) < 4.78 is 2.43. The normalized spacial score (nSPS) is 12.1. The Morgan fingerprint density at radius 2 is 1.03 bits per heavy atom. The second-order valence-electron chi connectivity index (χ2n) is 10.5. The van der Waals surface area contributed by atoms with Crippen LogP contribution in [0.4, 0.5) is 0 Å². The first-order valence-corrected chi connectivity index (χ1v) is 13.5. The lowest BCUT2D eigenvalue weighted by molar-refractivity contribution is 1.18. The van der Waals surface area contributed by atoms with Crippen LogP contribution in [0.3, 0.4) is 0 Å². The van der Waals surface area contributed by atoms with E-state index in [1.807, 2.05) is 0 Å². The maximum Gasteiger partial charge on any atom is 0.0547 e. The Morgan fingerprint density at radius 1 is 0.359 bits per heavy atom. The topological polar surface area (TPSA) is 4.93 Å². The standard InChI is InChI=1S/C38H23N/c1-2-12-28-24(9-1)19-22-36-38(28)34-15-5-6-18-35(34)39(36)26-11-7-10-25(23-26)27-20-21-33-30-14-4-3-13-29(30)32-17-8-16-31(27)37(32)33/h1-23H. The van der Waals surface area contributed by atoms with Crippen LogP contribution in [0.5, 0.6) is 0 Å². The number of para-hydroxylation sites is 1. The predicted molar refractivity (Wildman–Crippen MR) is 166 cm³/mol. The summed E-state index contributed by atoms with van der Waals surface area (Å²) >= 11 is 0. The van der Waals surface area contributed by atoms with Crippen LogP contribution in [-0.4, -0.2) is 4.57 Å². The van der Waals surface area contributed by atoms with Crippen LogP contribution < -0.4 is 0 Å². The van der Waals surface area contributed by atoms with E-state index in [2.05, 4.69) is 144 Å². The Labute approximate surface area is 226 Å². The number of hydrogen-bond acceptors (Lipinski definition) is 0. The first-order valence-electron chi connectivity index (χ1n) is 13.5. The zero-order chi connectivity index (χ0) is 25.5. The van der Waals surface area contributed by atoms with Gasteiger partial charge in [-0.2, -0.15) is 0 Å². The van der Waals surface area contributed by atoms with Crippen LogP contribution in [0, 0.1) is 0 Å². The average molecular weight is 494 g/mol. The molecule has 7 aromatic carbocycles. The van der Waals surface area contributed by atoms with E-state index < -0.39 is 0 Å². The molecule has 8 aromatic rings. The molecular weight excluding hydrogens is 470 g/mol. The van der Waals surface area contributed by atoms with Crippen molar-refractivity contribution in [1.29, 1.82) is 0 Å². The van der Waals surface area contributed by atoms with Crippen LogP contribution in [0.25, 0.3) is 82.4 Å². The number of hydrogen-bond donors (Lipinski definition) is 0. The number of rotatable bonds is 2. The maximum atomic E-state index is 2.43. The molecular formula is C38H23N. The molecule has 0 spiro atoms. The van der Waals surface area contributed by atoms with Crippen molar-refractivity contribution in [3.8, 4) is 39.1 Å². The van der Waals surface area contributed by atoms with Gasteiger partial charge in [0.05, 0.1) is 11.0 Å². The summed E-state index contributed by atoms with van der Waals surface area (Å²) in [5.41, 5.74) is 11.5. The second kappa shape index (κ2) is 7.69. The zero-order valence-corrected chi connectivity index (χ0v) is 21.2. The van der Waals surface area contributed by atoms with Gasteiger partial charge in [-0.05, 0) is 79.2 Å². The van der Waals surface area contributed by atoms with Gasteiger partial charge in [0.2, 0.25) is 0 Å². The van der Waals surface area contributed by atoms with Crippen molar-refractivity contribution in [2.75, 3.05) is 0 Å². The van der Waals surface area contributed by atoms with Crippen molar-refractivity contribution in [1.82, 2.24) is 4.57 Å². The molecule has 1 aromatic heterocycles. The molecule has 0 fully saturated rings. The number of nitrogens with zero attached hydrogens (tertiary/aromatic N) is 1. The molecule has 0 amide bonds. The van der Waals surface area contributed by atoms with E-state index in [0.29, 0.717) is 0 Å². The van der Waals surface area contributed by atoms with Gasteiger partial charge in [-0.25, -0.2) is 0 Å². The van der Waals surface area contributed by atoms with Crippen LogP contribution in [-0.2, 0) is 0 Å². The van der Waals surface area contributed by atoms with E-state index >= 15 is 0 Å². The summed E-state index contributed by atoms with van der Waals surface area (Å²) in [4.78, 5) is 0. The Morgan fingerprint density at radius 3 is 1.92 bits per heavy atom. The van der Waals surface area contributed by atoms with Gasteiger partial charge < -0.3 is 4.57 Å². The van der Waals surface area contributed by atoms with Gasteiger partial charge in [-0.3, -0.25) is 0 Å². The van der Waals surface area contributed by atoms with E-state index in [1.54, 1.807) is 0 Å². The minimum Gasteiger partial charge on any atom is -0.309 e. The summed E-state index contributed by atoms with van der Waals surface area (Å²) in [7, 11) is 0. The molecule has 180 valence electrons. The largest absolute Gasteiger partial charge is 0.309 e.